The van der Waals surface area contributed by atoms with Crippen molar-refractivity contribution in [2.24, 2.45) is 5.11 Å². The Bertz CT molecular complexity index is 362. The molecule has 0 unspecified atom stereocenters. The van der Waals surface area contributed by atoms with E-state index in [0.717, 1.165) is 0 Å². The topological polar surface area (TPSA) is 58.0 Å². The van der Waals surface area contributed by atoms with Crippen LogP contribution in [0.2, 0.25) is 0 Å². The molecule has 0 saturated heterocycles. The highest BCUT2D eigenvalue weighted by Gasteiger charge is 2.11. The molecule has 73 valence electrons. The molecule has 4 nitrogen and oxygen atoms in total. The average Bonchev–Trinajstić information content (AvgIpc) is 2.02. The zero-order chi connectivity index (χ0) is 10.6. The predicted molar refractivity (Wildman–Crippen MR) is 54.5 cm³/mol. The second-order valence-electron chi connectivity index (χ2n) is 3.80. The monoisotopic (exact) mass is 190 g/mol. The minimum atomic E-state index is -0.272. The van der Waals surface area contributed by atoms with Crippen LogP contribution in [-0.4, -0.2) is 5.60 Å². The number of rotatable bonds is 2. The first-order valence-corrected chi connectivity index (χ1v) is 4.28. The molecule has 0 fully saturated rings. The van der Waals surface area contributed by atoms with Gasteiger partial charge in [-0.2, -0.15) is 0 Å². The van der Waals surface area contributed by atoms with E-state index in [-0.39, 0.29) is 5.60 Å². The summed E-state index contributed by atoms with van der Waals surface area (Å²) in [5.74, 6) is 0.586. The molecular weight excluding hydrogens is 178 g/mol. The Labute approximate surface area is 83.1 Å². The van der Waals surface area contributed by atoms with E-state index >= 15 is 0 Å². The van der Waals surface area contributed by atoms with Gasteiger partial charge in [-0.05, 0) is 32.4 Å². The van der Waals surface area contributed by atoms with Crippen LogP contribution in [0, 0.1) is 6.07 Å². The van der Waals surface area contributed by atoms with Crippen LogP contribution >= 0.6 is 0 Å². The largest absolute Gasteiger partial charge is 0.487 e. The highest BCUT2D eigenvalue weighted by Crippen LogP contribution is 2.22. The summed E-state index contributed by atoms with van der Waals surface area (Å²) in [6.45, 7) is 5.84. The number of nitrogens with zero attached hydrogens (tertiary/aromatic N) is 3. The number of azide groups is 1. The summed E-state index contributed by atoms with van der Waals surface area (Å²) in [5, 5.41) is 3.44. The summed E-state index contributed by atoms with van der Waals surface area (Å²) in [5.41, 5.74) is 8.41. The standard InChI is InChI=1S/C10H12N3O/c1-10(2,3)14-9-6-4-5-8(7-9)12-13-11/h4-6H,1-3H3. The molecule has 0 atom stereocenters. The summed E-state index contributed by atoms with van der Waals surface area (Å²) in [6.07, 6.45) is 0. The lowest BCUT2D eigenvalue weighted by Gasteiger charge is -2.20. The molecule has 0 amide bonds. The van der Waals surface area contributed by atoms with E-state index in [1.165, 1.54) is 0 Å². The van der Waals surface area contributed by atoms with Gasteiger partial charge in [-0.15, -0.1) is 0 Å². The van der Waals surface area contributed by atoms with Gasteiger partial charge >= 0.3 is 0 Å². The lowest BCUT2D eigenvalue weighted by Crippen LogP contribution is -2.22. The minimum absolute atomic E-state index is 0.272. The second kappa shape index (κ2) is 4.03. The second-order valence-corrected chi connectivity index (χ2v) is 3.80. The average molecular weight is 190 g/mol. The van der Waals surface area contributed by atoms with E-state index in [0.29, 0.717) is 11.4 Å². The van der Waals surface area contributed by atoms with Gasteiger partial charge < -0.3 is 4.74 Å². The lowest BCUT2D eigenvalue weighted by atomic mass is 10.2. The van der Waals surface area contributed by atoms with Gasteiger partial charge in [0.2, 0.25) is 0 Å². The Morgan fingerprint density at radius 2 is 2.14 bits per heavy atom. The summed E-state index contributed by atoms with van der Waals surface area (Å²) >= 11 is 0. The van der Waals surface area contributed by atoms with Crippen molar-refractivity contribution in [2.45, 2.75) is 26.4 Å². The smallest absolute Gasteiger partial charge is 0.128 e. The molecule has 0 bridgehead atoms. The molecule has 4 heteroatoms. The maximum absolute atomic E-state index is 8.24. The van der Waals surface area contributed by atoms with E-state index in [2.05, 4.69) is 16.1 Å². The van der Waals surface area contributed by atoms with Gasteiger partial charge in [0.15, 0.2) is 0 Å². The third-order valence-corrected chi connectivity index (χ3v) is 1.32. The van der Waals surface area contributed by atoms with E-state index in [4.69, 9.17) is 10.3 Å². The minimum Gasteiger partial charge on any atom is -0.487 e. The molecule has 0 aromatic heterocycles. The predicted octanol–water partition coefficient (Wildman–Crippen LogP) is 3.61. The summed E-state index contributed by atoms with van der Waals surface area (Å²) in [7, 11) is 0. The van der Waals surface area contributed by atoms with E-state index in [1.54, 1.807) is 18.2 Å². The van der Waals surface area contributed by atoms with E-state index in [1.807, 2.05) is 20.8 Å². The normalized spacial score (nSPS) is 10.5. The zero-order valence-corrected chi connectivity index (χ0v) is 8.48. The number of hydrogen-bond donors (Lipinski definition) is 0. The third-order valence-electron chi connectivity index (χ3n) is 1.32. The Balaban J connectivity index is 2.89. The molecule has 0 heterocycles. The number of benzene rings is 1. The molecule has 0 aliphatic carbocycles. The van der Waals surface area contributed by atoms with Gasteiger partial charge in [0.25, 0.3) is 0 Å². The Morgan fingerprint density at radius 1 is 1.43 bits per heavy atom. The van der Waals surface area contributed by atoms with E-state index < -0.39 is 0 Å². The summed E-state index contributed by atoms with van der Waals surface area (Å²) in [4.78, 5) is 2.68. The van der Waals surface area contributed by atoms with Crippen molar-refractivity contribution in [1.82, 2.24) is 0 Å². The Hall–Kier alpha value is -1.67. The third kappa shape index (κ3) is 3.37. The van der Waals surface area contributed by atoms with Crippen molar-refractivity contribution in [3.05, 3.63) is 34.7 Å². The van der Waals surface area contributed by atoms with Crippen LogP contribution in [0.5, 0.6) is 5.75 Å². The van der Waals surface area contributed by atoms with Crippen LogP contribution in [0.25, 0.3) is 10.4 Å². The molecule has 1 aromatic rings. The van der Waals surface area contributed by atoms with Crippen LogP contribution in [-0.2, 0) is 0 Å². The van der Waals surface area contributed by atoms with Gasteiger partial charge in [-0.1, -0.05) is 17.2 Å². The molecule has 14 heavy (non-hydrogen) atoms. The number of hydrogen-bond acceptors (Lipinski definition) is 2. The van der Waals surface area contributed by atoms with Crippen molar-refractivity contribution in [1.29, 1.82) is 0 Å². The first kappa shape index (κ1) is 10.4. The fraction of sp³-hybridized carbons (Fsp3) is 0.400. The van der Waals surface area contributed by atoms with Gasteiger partial charge in [0.1, 0.15) is 11.4 Å². The van der Waals surface area contributed by atoms with Crippen LogP contribution in [0.4, 0.5) is 5.69 Å². The van der Waals surface area contributed by atoms with Gasteiger partial charge in [-0.3, -0.25) is 0 Å². The summed E-state index contributed by atoms with van der Waals surface area (Å²) in [6, 6.07) is 8.08. The van der Waals surface area contributed by atoms with Crippen LogP contribution in [0.3, 0.4) is 0 Å². The fourth-order valence-electron chi connectivity index (χ4n) is 0.932. The maximum atomic E-state index is 8.24. The van der Waals surface area contributed by atoms with Crippen LogP contribution < -0.4 is 4.74 Å². The van der Waals surface area contributed by atoms with Crippen molar-refractivity contribution in [3.8, 4) is 5.75 Å². The molecule has 0 saturated carbocycles. The van der Waals surface area contributed by atoms with Crippen molar-refractivity contribution in [2.75, 3.05) is 0 Å². The van der Waals surface area contributed by atoms with Crippen molar-refractivity contribution >= 4 is 5.69 Å². The fourth-order valence-corrected chi connectivity index (χ4v) is 0.932. The highest BCUT2D eigenvalue weighted by atomic mass is 16.5. The first-order chi connectivity index (χ1) is 6.51. The molecule has 1 rings (SSSR count). The van der Waals surface area contributed by atoms with Gasteiger partial charge in [-0.25, -0.2) is 0 Å². The van der Waals surface area contributed by atoms with Gasteiger partial charge in [0.05, 0.1) is 0 Å². The molecule has 0 aliphatic rings. The molecule has 1 aromatic carbocycles. The SMILES string of the molecule is CC(C)(C)Oc1[c]c(N=[N+]=[N-])ccc1. The number of ether oxygens (including phenoxy) is 1. The maximum Gasteiger partial charge on any atom is 0.128 e. The zero-order valence-electron chi connectivity index (χ0n) is 8.48. The van der Waals surface area contributed by atoms with Crippen molar-refractivity contribution < 1.29 is 4.74 Å². The molecule has 1 radical (unpaired) electrons. The Morgan fingerprint density at radius 3 is 2.71 bits per heavy atom. The summed E-state index contributed by atoms with van der Waals surface area (Å²) < 4.78 is 5.55. The quantitative estimate of drug-likeness (QED) is 0.399. The van der Waals surface area contributed by atoms with Crippen LogP contribution in [0.15, 0.2) is 23.3 Å². The van der Waals surface area contributed by atoms with Gasteiger partial charge in [0, 0.05) is 16.7 Å². The molecule has 0 spiro atoms. The first-order valence-electron chi connectivity index (χ1n) is 4.28. The Kier molecular flexibility index (Phi) is 2.99. The highest BCUT2D eigenvalue weighted by molar-refractivity contribution is 5.41. The van der Waals surface area contributed by atoms with Crippen LogP contribution in [0.1, 0.15) is 20.8 Å². The van der Waals surface area contributed by atoms with Crippen molar-refractivity contribution in [3.63, 3.8) is 0 Å². The van der Waals surface area contributed by atoms with E-state index in [9.17, 15) is 0 Å². The lowest BCUT2D eigenvalue weighted by molar-refractivity contribution is 0.130. The molecule has 0 aliphatic heterocycles. The molecular formula is C10H12N3O. The molecule has 0 N–H and O–H groups in total.